The first-order chi connectivity index (χ1) is 4.93. The Morgan fingerprint density at radius 3 is 2.55 bits per heavy atom. The second-order valence-electron chi connectivity index (χ2n) is 3.64. The Bertz CT molecular complexity index is 147. The van der Waals surface area contributed by atoms with Gasteiger partial charge in [0.2, 0.25) is 0 Å². The summed E-state index contributed by atoms with van der Waals surface area (Å²) in [7, 11) is 2.06. The molecular weight excluding hydrogens is 181 g/mol. The van der Waals surface area contributed by atoms with Crippen LogP contribution in [0.4, 0.5) is 0 Å². The largest absolute Gasteiger partial charge is 0.285 e. The molecule has 1 saturated heterocycles. The number of alkyl halides is 2. The monoisotopic (exact) mass is 195 g/mol. The Morgan fingerprint density at radius 1 is 1.55 bits per heavy atom. The van der Waals surface area contributed by atoms with Crippen LogP contribution in [0, 0.1) is 0 Å². The van der Waals surface area contributed by atoms with Crippen molar-refractivity contribution in [2.24, 2.45) is 0 Å². The molecule has 0 aromatic rings. The Labute approximate surface area is 78.7 Å². The summed E-state index contributed by atoms with van der Waals surface area (Å²) in [4.78, 5) is 1.94. The number of hydrogen-bond acceptors (Lipinski definition) is 1. The molecule has 0 aliphatic carbocycles. The van der Waals surface area contributed by atoms with E-state index < -0.39 is 0 Å². The van der Waals surface area contributed by atoms with Crippen molar-refractivity contribution in [2.75, 3.05) is 7.05 Å². The maximum absolute atomic E-state index is 6.25. The second kappa shape index (κ2) is 3.12. The minimum atomic E-state index is -0.246. The molecule has 0 aromatic heterocycles. The molecule has 3 heteroatoms. The first kappa shape index (κ1) is 9.63. The van der Waals surface area contributed by atoms with Crippen LogP contribution in [0.15, 0.2) is 0 Å². The molecule has 3 atom stereocenters. The maximum Gasteiger partial charge on any atom is 0.0946 e. The normalized spacial score (nSPS) is 47.7. The highest BCUT2D eigenvalue weighted by Gasteiger charge is 2.37. The van der Waals surface area contributed by atoms with Gasteiger partial charge >= 0.3 is 0 Å². The van der Waals surface area contributed by atoms with Gasteiger partial charge in [0.05, 0.1) is 5.00 Å². The average molecular weight is 196 g/mol. The van der Waals surface area contributed by atoms with Gasteiger partial charge in [0, 0.05) is 11.4 Å². The van der Waals surface area contributed by atoms with Crippen LogP contribution in [-0.2, 0) is 0 Å². The van der Waals surface area contributed by atoms with Gasteiger partial charge in [-0.15, -0.1) is 23.2 Å². The maximum atomic E-state index is 6.25. The third-order valence-electron chi connectivity index (χ3n) is 2.59. The Hall–Kier alpha value is 0.540. The molecule has 0 amide bonds. The van der Waals surface area contributed by atoms with E-state index in [0.29, 0.717) is 6.04 Å². The van der Waals surface area contributed by atoms with Crippen molar-refractivity contribution in [3.63, 3.8) is 0 Å². The molecule has 1 rings (SSSR count). The van der Waals surface area contributed by atoms with E-state index >= 15 is 0 Å². The molecular formula is C8H15Cl2N. The van der Waals surface area contributed by atoms with Crippen molar-refractivity contribution in [3.05, 3.63) is 0 Å². The van der Waals surface area contributed by atoms with E-state index in [9.17, 15) is 0 Å². The van der Waals surface area contributed by atoms with E-state index in [-0.39, 0.29) is 10.4 Å². The highest BCUT2D eigenvalue weighted by molar-refractivity contribution is 6.25. The predicted molar refractivity (Wildman–Crippen MR) is 50.4 cm³/mol. The van der Waals surface area contributed by atoms with E-state index in [4.69, 9.17) is 23.2 Å². The van der Waals surface area contributed by atoms with Crippen LogP contribution < -0.4 is 0 Å². The van der Waals surface area contributed by atoms with Crippen LogP contribution in [0.1, 0.15) is 26.7 Å². The minimum absolute atomic E-state index is 0.240. The lowest BCUT2D eigenvalue weighted by atomic mass is 9.97. The first-order valence-electron chi connectivity index (χ1n) is 3.99. The smallest absolute Gasteiger partial charge is 0.0946 e. The lowest BCUT2D eigenvalue weighted by Crippen LogP contribution is -2.50. The van der Waals surface area contributed by atoms with E-state index in [1.54, 1.807) is 0 Å². The summed E-state index contributed by atoms with van der Waals surface area (Å²) in [6, 6.07) is 0.494. The second-order valence-corrected chi connectivity index (χ2v) is 5.07. The zero-order valence-corrected chi connectivity index (χ0v) is 8.78. The van der Waals surface area contributed by atoms with E-state index in [1.165, 1.54) is 0 Å². The Kier molecular flexibility index (Phi) is 2.73. The van der Waals surface area contributed by atoms with Crippen molar-refractivity contribution in [1.29, 1.82) is 0 Å². The van der Waals surface area contributed by atoms with E-state index in [1.807, 2.05) is 6.92 Å². The number of halogens is 2. The van der Waals surface area contributed by atoms with Crippen molar-refractivity contribution in [2.45, 2.75) is 43.1 Å². The molecule has 3 unspecified atom stereocenters. The van der Waals surface area contributed by atoms with Gasteiger partial charge in [-0.3, -0.25) is 4.90 Å². The zero-order valence-electron chi connectivity index (χ0n) is 7.27. The number of likely N-dealkylation sites (tertiary alicyclic amines) is 1. The molecule has 0 radical (unpaired) electrons. The van der Waals surface area contributed by atoms with E-state index in [0.717, 1.165) is 12.8 Å². The lowest BCUT2D eigenvalue weighted by Gasteiger charge is -2.44. The van der Waals surface area contributed by atoms with Crippen LogP contribution in [0.5, 0.6) is 0 Å². The SMILES string of the molecule is CC1CC(Cl)CC(C)(Cl)N1C. The van der Waals surface area contributed by atoms with Gasteiger partial charge in [0.1, 0.15) is 0 Å². The van der Waals surface area contributed by atoms with Crippen molar-refractivity contribution >= 4 is 23.2 Å². The molecule has 0 saturated carbocycles. The zero-order chi connectivity index (χ0) is 8.65. The van der Waals surface area contributed by atoms with Crippen molar-refractivity contribution in [3.8, 4) is 0 Å². The number of hydrogen-bond donors (Lipinski definition) is 0. The quantitative estimate of drug-likeness (QED) is 0.425. The number of piperidine rings is 1. The van der Waals surface area contributed by atoms with Crippen LogP contribution >= 0.6 is 23.2 Å². The van der Waals surface area contributed by atoms with Gasteiger partial charge in [0.15, 0.2) is 0 Å². The Morgan fingerprint density at radius 2 is 2.09 bits per heavy atom. The molecule has 1 aliphatic heterocycles. The molecule has 1 nitrogen and oxygen atoms in total. The van der Waals surface area contributed by atoms with Crippen LogP contribution in [0.3, 0.4) is 0 Å². The Balaban J connectivity index is 2.67. The van der Waals surface area contributed by atoms with E-state index in [2.05, 4.69) is 18.9 Å². The van der Waals surface area contributed by atoms with Crippen LogP contribution in [0.25, 0.3) is 0 Å². The minimum Gasteiger partial charge on any atom is -0.285 e. The summed E-state index contributed by atoms with van der Waals surface area (Å²) in [6.07, 6.45) is 1.91. The topological polar surface area (TPSA) is 3.24 Å². The highest BCUT2D eigenvalue weighted by atomic mass is 35.5. The molecule has 0 spiro atoms. The number of rotatable bonds is 0. The third kappa shape index (κ3) is 2.01. The third-order valence-corrected chi connectivity index (χ3v) is 3.34. The average Bonchev–Trinajstić information content (AvgIpc) is 1.81. The summed E-state index contributed by atoms with van der Waals surface area (Å²) >= 11 is 12.3. The summed E-state index contributed by atoms with van der Waals surface area (Å²) < 4.78 is 0. The number of nitrogens with zero attached hydrogens (tertiary/aromatic N) is 1. The molecule has 1 heterocycles. The lowest BCUT2D eigenvalue weighted by molar-refractivity contribution is 0.110. The molecule has 0 bridgehead atoms. The van der Waals surface area contributed by atoms with Crippen molar-refractivity contribution in [1.82, 2.24) is 4.90 Å². The van der Waals surface area contributed by atoms with Crippen molar-refractivity contribution < 1.29 is 0 Å². The van der Waals surface area contributed by atoms with Gasteiger partial charge in [0.25, 0.3) is 0 Å². The molecule has 1 aliphatic rings. The molecule has 11 heavy (non-hydrogen) atoms. The molecule has 0 N–H and O–H groups in total. The van der Waals surface area contributed by atoms with Gasteiger partial charge < -0.3 is 0 Å². The van der Waals surface area contributed by atoms with Gasteiger partial charge in [-0.25, -0.2) is 0 Å². The summed E-state index contributed by atoms with van der Waals surface area (Å²) in [5.41, 5.74) is 0. The fraction of sp³-hybridized carbons (Fsp3) is 1.00. The molecule has 1 fully saturated rings. The van der Waals surface area contributed by atoms with Gasteiger partial charge in [-0.1, -0.05) is 0 Å². The fourth-order valence-electron chi connectivity index (χ4n) is 1.62. The van der Waals surface area contributed by atoms with Gasteiger partial charge in [-0.05, 0) is 33.7 Å². The predicted octanol–water partition coefficient (Wildman–Crippen LogP) is 2.66. The highest BCUT2D eigenvalue weighted by Crippen LogP contribution is 2.35. The van der Waals surface area contributed by atoms with Crippen LogP contribution in [0.2, 0.25) is 0 Å². The summed E-state index contributed by atoms with van der Waals surface area (Å²) in [5.74, 6) is 0. The van der Waals surface area contributed by atoms with Gasteiger partial charge in [-0.2, -0.15) is 0 Å². The molecule has 0 aromatic carbocycles. The standard InChI is InChI=1S/C8H15Cl2N/c1-6-4-7(9)5-8(2,10)11(6)3/h6-7H,4-5H2,1-3H3. The summed E-state index contributed by atoms with van der Waals surface area (Å²) in [5, 5.41) is 0.240. The molecule has 66 valence electrons. The summed E-state index contributed by atoms with van der Waals surface area (Å²) in [6.45, 7) is 4.19. The fourth-order valence-corrected chi connectivity index (χ4v) is 2.61. The van der Waals surface area contributed by atoms with Crippen LogP contribution in [-0.4, -0.2) is 28.4 Å². The first-order valence-corrected chi connectivity index (χ1v) is 4.81.